The van der Waals surface area contributed by atoms with Gasteiger partial charge < -0.3 is 14.6 Å². The quantitative estimate of drug-likeness (QED) is 0.771. The lowest BCUT2D eigenvalue weighted by Crippen LogP contribution is -2.25. The Morgan fingerprint density at radius 2 is 2.00 bits per heavy atom. The molecule has 4 heteroatoms. The number of aliphatic hydroxyl groups excluding tert-OH is 1. The van der Waals surface area contributed by atoms with Crippen LogP contribution in [-0.4, -0.2) is 24.8 Å². The molecule has 0 aliphatic carbocycles. The first-order valence-corrected chi connectivity index (χ1v) is 6.63. The highest BCUT2D eigenvalue weighted by molar-refractivity contribution is 5.73. The number of ether oxygens (including phenoxy) is 2. The van der Waals surface area contributed by atoms with E-state index in [1.54, 1.807) is 26.2 Å². The fourth-order valence-electron chi connectivity index (χ4n) is 2.09. The molecule has 0 aliphatic rings. The van der Waals surface area contributed by atoms with Gasteiger partial charge in [0.15, 0.2) is 0 Å². The molecule has 0 radical (unpaired) electrons. The summed E-state index contributed by atoms with van der Waals surface area (Å²) in [6, 6.07) is 7.18. The van der Waals surface area contributed by atoms with Crippen molar-refractivity contribution < 1.29 is 19.4 Å². The van der Waals surface area contributed by atoms with Crippen molar-refractivity contribution in [2.24, 2.45) is 5.92 Å². The summed E-state index contributed by atoms with van der Waals surface area (Å²) in [7, 11) is 1.55. The number of hydrogen-bond donors (Lipinski definition) is 1. The fourth-order valence-corrected chi connectivity index (χ4v) is 2.09. The molecule has 19 heavy (non-hydrogen) atoms. The third-order valence-corrected chi connectivity index (χ3v) is 3.03. The van der Waals surface area contributed by atoms with E-state index in [0.29, 0.717) is 24.3 Å². The van der Waals surface area contributed by atoms with E-state index in [9.17, 15) is 9.90 Å². The first kappa shape index (κ1) is 15.5. The lowest BCUT2D eigenvalue weighted by atomic mass is 9.91. The summed E-state index contributed by atoms with van der Waals surface area (Å²) >= 11 is 0. The smallest absolute Gasteiger partial charge is 0.311 e. The Morgan fingerprint density at radius 1 is 1.32 bits per heavy atom. The molecule has 1 aromatic carbocycles. The van der Waals surface area contributed by atoms with Crippen LogP contribution in [-0.2, 0) is 9.53 Å². The van der Waals surface area contributed by atoms with Crippen molar-refractivity contribution in [3.63, 3.8) is 0 Å². The summed E-state index contributed by atoms with van der Waals surface area (Å²) in [5.74, 6) is -0.329. The second kappa shape index (κ2) is 7.79. The number of para-hydroxylation sites is 1. The molecule has 0 amide bonds. The van der Waals surface area contributed by atoms with Gasteiger partial charge in [0.2, 0.25) is 0 Å². The SMILES string of the molecule is CCCC(C(=O)OCC)C(O)c1ccccc1OC. The molecule has 4 nitrogen and oxygen atoms in total. The molecule has 2 unspecified atom stereocenters. The number of aliphatic hydroxyl groups is 1. The maximum Gasteiger partial charge on any atom is 0.311 e. The van der Waals surface area contributed by atoms with Crippen molar-refractivity contribution >= 4 is 5.97 Å². The number of hydrogen-bond acceptors (Lipinski definition) is 4. The summed E-state index contributed by atoms with van der Waals surface area (Å²) in [6.07, 6.45) is 0.475. The van der Waals surface area contributed by atoms with Gasteiger partial charge in [0.1, 0.15) is 5.75 Å². The Hall–Kier alpha value is -1.55. The second-order valence-corrected chi connectivity index (χ2v) is 4.33. The van der Waals surface area contributed by atoms with Crippen molar-refractivity contribution in [1.82, 2.24) is 0 Å². The number of carbonyl (C=O) groups is 1. The zero-order valence-corrected chi connectivity index (χ0v) is 11.8. The zero-order chi connectivity index (χ0) is 14.3. The van der Waals surface area contributed by atoms with Gasteiger partial charge in [0.05, 0.1) is 25.7 Å². The minimum atomic E-state index is -0.907. The Kier molecular flexibility index (Phi) is 6.36. The molecule has 0 saturated heterocycles. The summed E-state index contributed by atoms with van der Waals surface area (Å²) in [4.78, 5) is 11.9. The molecule has 2 atom stereocenters. The highest BCUT2D eigenvalue weighted by atomic mass is 16.5. The van der Waals surface area contributed by atoms with Crippen LogP contribution in [0.3, 0.4) is 0 Å². The summed E-state index contributed by atoms with van der Waals surface area (Å²) in [5.41, 5.74) is 0.622. The minimum Gasteiger partial charge on any atom is -0.496 e. The van der Waals surface area contributed by atoms with E-state index in [1.165, 1.54) is 0 Å². The molecule has 106 valence electrons. The van der Waals surface area contributed by atoms with Gasteiger partial charge in [0.25, 0.3) is 0 Å². The Bertz CT molecular complexity index is 403. The standard InChI is InChI=1S/C15H22O4/c1-4-8-12(15(17)19-5-2)14(16)11-9-6-7-10-13(11)18-3/h6-7,9-10,12,14,16H,4-5,8H2,1-3H3. The van der Waals surface area contributed by atoms with Crippen LogP contribution in [0.4, 0.5) is 0 Å². The topological polar surface area (TPSA) is 55.8 Å². The van der Waals surface area contributed by atoms with Gasteiger partial charge in [-0.15, -0.1) is 0 Å². The van der Waals surface area contributed by atoms with Crippen LogP contribution in [0.25, 0.3) is 0 Å². The van der Waals surface area contributed by atoms with E-state index >= 15 is 0 Å². The molecule has 0 heterocycles. The van der Waals surface area contributed by atoms with Crippen LogP contribution in [0, 0.1) is 5.92 Å². The Morgan fingerprint density at radius 3 is 2.58 bits per heavy atom. The van der Waals surface area contributed by atoms with Crippen molar-refractivity contribution in [2.75, 3.05) is 13.7 Å². The second-order valence-electron chi connectivity index (χ2n) is 4.33. The number of methoxy groups -OCH3 is 1. The van der Waals surface area contributed by atoms with Crippen molar-refractivity contribution in [3.8, 4) is 5.75 Å². The third kappa shape index (κ3) is 3.96. The lowest BCUT2D eigenvalue weighted by molar-refractivity contribution is -0.152. The molecule has 0 aliphatic heterocycles. The highest BCUT2D eigenvalue weighted by Crippen LogP contribution is 2.32. The van der Waals surface area contributed by atoms with Gasteiger partial charge in [-0.1, -0.05) is 31.5 Å². The molecular weight excluding hydrogens is 244 g/mol. The summed E-state index contributed by atoms with van der Waals surface area (Å²) in [5, 5.41) is 10.4. The normalized spacial score (nSPS) is 13.7. The minimum absolute atomic E-state index is 0.317. The first-order chi connectivity index (χ1) is 9.15. The van der Waals surface area contributed by atoms with Gasteiger partial charge in [-0.25, -0.2) is 0 Å². The lowest BCUT2D eigenvalue weighted by Gasteiger charge is -2.22. The van der Waals surface area contributed by atoms with E-state index in [2.05, 4.69) is 0 Å². The van der Waals surface area contributed by atoms with Crippen LogP contribution in [0.2, 0.25) is 0 Å². The fraction of sp³-hybridized carbons (Fsp3) is 0.533. The predicted octanol–water partition coefficient (Wildman–Crippen LogP) is 2.71. The maximum atomic E-state index is 11.9. The predicted molar refractivity (Wildman–Crippen MR) is 73.0 cm³/mol. The number of esters is 1. The van der Waals surface area contributed by atoms with Crippen LogP contribution in [0.15, 0.2) is 24.3 Å². The monoisotopic (exact) mass is 266 g/mol. The molecule has 0 fully saturated rings. The number of benzene rings is 1. The summed E-state index contributed by atoms with van der Waals surface area (Å²) in [6.45, 7) is 4.05. The summed E-state index contributed by atoms with van der Waals surface area (Å²) < 4.78 is 10.3. The Balaban J connectivity index is 2.98. The van der Waals surface area contributed by atoms with Gasteiger partial charge >= 0.3 is 5.97 Å². The number of carbonyl (C=O) groups excluding carboxylic acids is 1. The molecule has 0 bridgehead atoms. The van der Waals surface area contributed by atoms with E-state index in [1.807, 2.05) is 19.1 Å². The molecule has 0 saturated carbocycles. The van der Waals surface area contributed by atoms with Crippen LogP contribution >= 0.6 is 0 Å². The van der Waals surface area contributed by atoms with E-state index < -0.39 is 12.0 Å². The van der Waals surface area contributed by atoms with Gasteiger partial charge in [0, 0.05) is 5.56 Å². The third-order valence-electron chi connectivity index (χ3n) is 3.03. The van der Waals surface area contributed by atoms with E-state index in [4.69, 9.17) is 9.47 Å². The van der Waals surface area contributed by atoms with E-state index in [0.717, 1.165) is 6.42 Å². The first-order valence-electron chi connectivity index (χ1n) is 6.63. The van der Waals surface area contributed by atoms with E-state index in [-0.39, 0.29) is 5.97 Å². The molecular formula is C15H22O4. The van der Waals surface area contributed by atoms with Crippen molar-refractivity contribution in [1.29, 1.82) is 0 Å². The van der Waals surface area contributed by atoms with Crippen LogP contribution < -0.4 is 4.74 Å². The molecule has 1 aromatic rings. The maximum absolute atomic E-state index is 11.9. The molecule has 0 aromatic heterocycles. The zero-order valence-electron chi connectivity index (χ0n) is 11.8. The van der Waals surface area contributed by atoms with Gasteiger partial charge in [-0.3, -0.25) is 4.79 Å². The van der Waals surface area contributed by atoms with Crippen molar-refractivity contribution in [3.05, 3.63) is 29.8 Å². The van der Waals surface area contributed by atoms with Crippen LogP contribution in [0.5, 0.6) is 5.75 Å². The van der Waals surface area contributed by atoms with Crippen molar-refractivity contribution in [2.45, 2.75) is 32.8 Å². The molecule has 1 rings (SSSR count). The Labute approximate surface area is 114 Å². The molecule has 0 spiro atoms. The highest BCUT2D eigenvalue weighted by Gasteiger charge is 2.30. The average molecular weight is 266 g/mol. The largest absolute Gasteiger partial charge is 0.496 e. The van der Waals surface area contributed by atoms with Gasteiger partial charge in [-0.2, -0.15) is 0 Å². The average Bonchev–Trinajstić information content (AvgIpc) is 2.44. The van der Waals surface area contributed by atoms with Crippen LogP contribution in [0.1, 0.15) is 38.4 Å². The molecule has 1 N–H and O–H groups in total. The van der Waals surface area contributed by atoms with Gasteiger partial charge in [-0.05, 0) is 19.4 Å². The number of rotatable bonds is 7.